The number of thiophene rings is 1. The fourth-order valence-electron chi connectivity index (χ4n) is 2.79. The fourth-order valence-corrected chi connectivity index (χ4v) is 6.81. The van der Waals surface area contributed by atoms with Crippen LogP contribution in [0.4, 0.5) is 0 Å². The Morgan fingerprint density at radius 2 is 1.80 bits per heavy atom. The number of benzene rings is 1. The highest BCUT2D eigenvalue weighted by Gasteiger charge is 2.32. The van der Waals surface area contributed by atoms with Crippen LogP contribution >= 0.6 is 11.3 Å². The molecule has 1 aromatic carbocycles. The second kappa shape index (κ2) is 9.13. The smallest absolute Gasteiger partial charge is 0.240 e. The predicted molar refractivity (Wildman–Crippen MR) is 113 cm³/mol. The van der Waals surface area contributed by atoms with Gasteiger partial charge >= 0.3 is 0 Å². The zero-order chi connectivity index (χ0) is 21.8. The Bertz CT molecular complexity index is 1190. The van der Waals surface area contributed by atoms with Gasteiger partial charge in [0.05, 0.1) is 19.1 Å². The Hall–Kier alpha value is -2.47. The van der Waals surface area contributed by atoms with Crippen molar-refractivity contribution in [2.24, 2.45) is 0 Å². The van der Waals surface area contributed by atoms with E-state index in [-0.39, 0.29) is 21.4 Å². The number of rotatable bonds is 9. The molecule has 0 aliphatic heterocycles. The highest BCUT2D eigenvalue weighted by molar-refractivity contribution is 7.93. The molecule has 0 fully saturated rings. The van der Waals surface area contributed by atoms with Crippen molar-refractivity contribution in [2.45, 2.75) is 14.4 Å². The van der Waals surface area contributed by atoms with Gasteiger partial charge < -0.3 is 9.47 Å². The van der Waals surface area contributed by atoms with Crippen molar-refractivity contribution in [3.05, 3.63) is 65.8 Å². The minimum Gasteiger partial charge on any atom is -0.493 e. The molecule has 2 heterocycles. The molecular formula is C19H20N2O6S3. The molecule has 0 spiro atoms. The molecule has 0 saturated carbocycles. The maximum absolute atomic E-state index is 13.1. The summed E-state index contributed by atoms with van der Waals surface area (Å²) in [5.41, 5.74) is 0.390. The van der Waals surface area contributed by atoms with E-state index in [1.54, 1.807) is 23.6 Å². The van der Waals surface area contributed by atoms with E-state index < -0.39 is 25.1 Å². The van der Waals surface area contributed by atoms with Gasteiger partial charge in [0.1, 0.15) is 9.46 Å². The molecule has 160 valence electrons. The summed E-state index contributed by atoms with van der Waals surface area (Å²) in [6.07, 6.45) is 2.94. The molecule has 0 unspecified atom stereocenters. The second-order valence-electron chi connectivity index (χ2n) is 6.12. The van der Waals surface area contributed by atoms with Gasteiger partial charge in [-0.2, -0.15) is 0 Å². The van der Waals surface area contributed by atoms with Crippen LogP contribution in [0.25, 0.3) is 0 Å². The van der Waals surface area contributed by atoms with Crippen LogP contribution in [-0.4, -0.2) is 42.6 Å². The topological polar surface area (TPSA) is 112 Å². The third-order valence-electron chi connectivity index (χ3n) is 4.33. The molecule has 0 saturated heterocycles. The van der Waals surface area contributed by atoms with E-state index in [4.69, 9.17) is 9.47 Å². The number of nitrogens with zero attached hydrogens (tertiary/aromatic N) is 1. The van der Waals surface area contributed by atoms with Crippen LogP contribution in [0.15, 0.2) is 69.3 Å². The fraction of sp³-hybridized carbons (Fsp3) is 0.211. The molecule has 3 aromatic rings. The van der Waals surface area contributed by atoms with Gasteiger partial charge in [0, 0.05) is 25.0 Å². The summed E-state index contributed by atoms with van der Waals surface area (Å²) in [4.78, 5) is 3.91. The summed E-state index contributed by atoms with van der Waals surface area (Å²) >= 11 is 1.08. The highest BCUT2D eigenvalue weighted by Crippen LogP contribution is 2.32. The molecule has 1 N–H and O–H groups in total. The zero-order valence-corrected chi connectivity index (χ0v) is 18.6. The van der Waals surface area contributed by atoms with E-state index in [2.05, 4.69) is 9.71 Å². The largest absolute Gasteiger partial charge is 0.493 e. The van der Waals surface area contributed by atoms with E-state index in [0.717, 1.165) is 11.3 Å². The van der Waals surface area contributed by atoms with Crippen molar-refractivity contribution in [3.63, 3.8) is 0 Å². The average Bonchev–Trinajstić information content (AvgIpc) is 3.30. The maximum atomic E-state index is 13.1. The lowest BCUT2D eigenvalue weighted by molar-refractivity contribution is 0.354. The van der Waals surface area contributed by atoms with Crippen LogP contribution in [-0.2, 0) is 19.9 Å². The normalized spacial score (nSPS) is 13.0. The number of nitrogens with one attached hydrogen (secondary N) is 1. The van der Waals surface area contributed by atoms with Gasteiger partial charge in [-0.25, -0.2) is 21.6 Å². The summed E-state index contributed by atoms with van der Waals surface area (Å²) in [5.74, 6) is 0.625. The number of hydrogen-bond donors (Lipinski definition) is 1. The molecule has 30 heavy (non-hydrogen) atoms. The van der Waals surface area contributed by atoms with Crippen molar-refractivity contribution in [3.8, 4) is 11.5 Å². The number of sulfone groups is 1. The lowest BCUT2D eigenvalue weighted by atomic mass is 10.2. The van der Waals surface area contributed by atoms with E-state index in [9.17, 15) is 16.8 Å². The second-order valence-corrected chi connectivity index (χ2v) is 11.2. The monoisotopic (exact) mass is 468 g/mol. The number of methoxy groups -OCH3 is 2. The Balaban J connectivity index is 1.93. The van der Waals surface area contributed by atoms with Gasteiger partial charge in [0.15, 0.2) is 21.3 Å². The minimum absolute atomic E-state index is 0.0707. The summed E-state index contributed by atoms with van der Waals surface area (Å²) in [6.45, 7) is -0.359. The van der Waals surface area contributed by atoms with Crippen molar-refractivity contribution >= 4 is 31.2 Å². The average molecular weight is 469 g/mol. The van der Waals surface area contributed by atoms with E-state index in [1.807, 2.05) is 0 Å². The van der Waals surface area contributed by atoms with Gasteiger partial charge in [0.2, 0.25) is 10.0 Å². The zero-order valence-electron chi connectivity index (χ0n) is 16.2. The minimum atomic E-state index is -4.02. The molecule has 0 bridgehead atoms. The molecular weight excluding hydrogens is 448 g/mol. The number of pyridine rings is 1. The quantitative estimate of drug-likeness (QED) is 0.514. The molecule has 2 aromatic heterocycles. The first-order chi connectivity index (χ1) is 14.3. The Morgan fingerprint density at radius 1 is 1.03 bits per heavy atom. The number of ether oxygens (including phenoxy) is 2. The van der Waals surface area contributed by atoms with Crippen LogP contribution in [0.3, 0.4) is 0 Å². The van der Waals surface area contributed by atoms with E-state index in [1.165, 1.54) is 50.9 Å². The van der Waals surface area contributed by atoms with Gasteiger partial charge in [-0.1, -0.05) is 12.1 Å². The van der Waals surface area contributed by atoms with Crippen LogP contribution in [0.1, 0.15) is 10.8 Å². The van der Waals surface area contributed by atoms with Gasteiger partial charge in [-0.3, -0.25) is 4.98 Å². The first-order valence-electron chi connectivity index (χ1n) is 8.68. The molecule has 0 radical (unpaired) electrons. The molecule has 3 rings (SSSR count). The van der Waals surface area contributed by atoms with Crippen LogP contribution in [0.2, 0.25) is 0 Å². The van der Waals surface area contributed by atoms with Gasteiger partial charge in [0.25, 0.3) is 0 Å². The first kappa shape index (κ1) is 22.2. The van der Waals surface area contributed by atoms with Crippen molar-refractivity contribution in [1.29, 1.82) is 0 Å². The molecule has 0 aliphatic rings. The van der Waals surface area contributed by atoms with Crippen molar-refractivity contribution in [2.75, 3.05) is 20.8 Å². The van der Waals surface area contributed by atoms with Gasteiger partial charge in [-0.15, -0.1) is 11.3 Å². The molecule has 0 aliphatic carbocycles. The van der Waals surface area contributed by atoms with E-state index in [0.29, 0.717) is 11.3 Å². The molecule has 0 amide bonds. The number of aromatic nitrogens is 1. The highest BCUT2D eigenvalue weighted by atomic mass is 32.2. The number of hydrogen-bond acceptors (Lipinski definition) is 8. The van der Waals surface area contributed by atoms with Crippen molar-refractivity contribution in [1.82, 2.24) is 9.71 Å². The summed E-state index contributed by atoms with van der Waals surface area (Å²) in [6, 6.07) is 10.5. The lowest BCUT2D eigenvalue weighted by Crippen LogP contribution is -2.32. The molecule has 11 heteroatoms. The third kappa shape index (κ3) is 4.64. The molecule has 1 atom stereocenters. The van der Waals surface area contributed by atoms with E-state index >= 15 is 0 Å². The standard InChI is InChI=1S/C19H20N2O6S3/c1-26-16-8-7-15(11-17(16)27-2)30(24,25)21-13-18(14-5-3-9-20-12-14)29(22,23)19-6-4-10-28-19/h3-12,18,21H,13H2,1-2H3/t18-/m1/s1. The maximum Gasteiger partial charge on any atom is 0.240 e. The Kier molecular flexibility index (Phi) is 6.76. The Morgan fingerprint density at radius 3 is 2.40 bits per heavy atom. The molecule has 8 nitrogen and oxygen atoms in total. The summed E-state index contributed by atoms with van der Waals surface area (Å²) in [5, 5.41) is 0.515. The summed E-state index contributed by atoms with van der Waals surface area (Å²) < 4.78 is 64.8. The van der Waals surface area contributed by atoms with Crippen LogP contribution in [0.5, 0.6) is 11.5 Å². The lowest BCUT2D eigenvalue weighted by Gasteiger charge is -2.18. The van der Waals surface area contributed by atoms with Crippen LogP contribution < -0.4 is 14.2 Å². The number of sulfonamides is 1. The first-order valence-corrected chi connectivity index (χ1v) is 12.6. The van der Waals surface area contributed by atoms with Gasteiger partial charge in [-0.05, 0) is 35.2 Å². The summed E-state index contributed by atoms with van der Waals surface area (Å²) in [7, 11) is -5.01. The third-order valence-corrected chi connectivity index (χ3v) is 9.28. The Labute approximate surface area is 179 Å². The SMILES string of the molecule is COc1ccc(S(=O)(=O)NC[C@H](c2cccnc2)S(=O)(=O)c2cccs2)cc1OC. The predicted octanol–water partition coefficient (Wildman–Crippen LogP) is 2.65. The van der Waals surface area contributed by atoms with Crippen LogP contribution in [0, 0.1) is 0 Å². The van der Waals surface area contributed by atoms with Crippen molar-refractivity contribution < 1.29 is 26.3 Å².